The topological polar surface area (TPSA) is 143 Å². The molecule has 1 unspecified atom stereocenters. The van der Waals surface area contributed by atoms with Gasteiger partial charge in [-0.15, -0.1) is 0 Å². The van der Waals surface area contributed by atoms with E-state index in [1.165, 1.54) is 4.90 Å². The Labute approximate surface area is 246 Å². The maximum atomic E-state index is 12.8. The first-order valence-corrected chi connectivity index (χ1v) is 15.2. The van der Waals surface area contributed by atoms with Crippen LogP contribution in [0.1, 0.15) is 87.0 Å². The minimum absolute atomic E-state index is 0.0946. The molecule has 0 bridgehead atoms. The van der Waals surface area contributed by atoms with Crippen LogP contribution in [0.2, 0.25) is 0 Å². The van der Waals surface area contributed by atoms with Crippen molar-refractivity contribution in [3.8, 4) is 0 Å². The van der Waals surface area contributed by atoms with Gasteiger partial charge in [-0.1, -0.05) is 48.0 Å². The number of imide groups is 1. The number of unbranched alkanes of at least 4 members (excludes halogenated alkanes) is 2. The lowest BCUT2D eigenvalue weighted by Gasteiger charge is -2.24. The Bertz CT molecular complexity index is 847. The number of likely N-dealkylation sites (tertiary alicyclic amines) is 1. The van der Waals surface area contributed by atoms with E-state index < -0.39 is 18.0 Å². The summed E-state index contributed by atoms with van der Waals surface area (Å²) in [4.78, 5) is 63.6. The molecule has 1 aliphatic rings. The van der Waals surface area contributed by atoms with Gasteiger partial charge >= 0.3 is 0 Å². The molecule has 0 saturated carbocycles. The number of carbonyl (C=O) groups is 5. The number of rotatable bonds is 21. The second kappa shape index (κ2) is 19.6. The zero-order valence-electron chi connectivity index (χ0n) is 26.3. The van der Waals surface area contributed by atoms with Gasteiger partial charge in [0.2, 0.25) is 29.5 Å². The van der Waals surface area contributed by atoms with Crippen molar-refractivity contribution < 1.29 is 33.4 Å². The molecule has 0 aliphatic carbocycles. The van der Waals surface area contributed by atoms with E-state index in [0.29, 0.717) is 64.7 Å². The standard InChI is InChI=1S/C30H54N4O7/c1-20(2)12-15-40-17-18-41-16-13-31-28(37)23(7)32-29(38)27(22(5)6)33-25(35)11-9-8-10-14-34-26(36)19-24(21(3)4)30(34)39/h20-24,27H,8-19H2,1-7H3,(H,31,37)(H,32,38)(H,33,35)/t23-,24?,27-/m0/s1. The molecule has 1 saturated heterocycles. The van der Waals surface area contributed by atoms with Gasteiger partial charge in [0.15, 0.2) is 0 Å². The van der Waals surface area contributed by atoms with E-state index in [-0.39, 0.29) is 54.2 Å². The SMILES string of the molecule is CC(C)CCOCCOCCNC(=O)[C@H](C)NC(=O)[C@@H](NC(=O)CCCCCN1C(=O)CC(C(C)C)C1=O)C(C)C. The number of amides is 5. The molecule has 236 valence electrons. The molecule has 0 aromatic rings. The predicted molar refractivity (Wildman–Crippen MR) is 157 cm³/mol. The normalized spacial score (nSPS) is 16.9. The van der Waals surface area contributed by atoms with Gasteiger partial charge in [0, 0.05) is 38.5 Å². The van der Waals surface area contributed by atoms with Crippen LogP contribution in [0.15, 0.2) is 0 Å². The van der Waals surface area contributed by atoms with E-state index in [4.69, 9.17) is 9.47 Å². The fraction of sp³-hybridized carbons (Fsp3) is 0.833. The average molecular weight is 583 g/mol. The summed E-state index contributed by atoms with van der Waals surface area (Å²) in [5.41, 5.74) is 0. The lowest BCUT2D eigenvalue weighted by atomic mass is 9.94. The summed E-state index contributed by atoms with van der Waals surface area (Å²) >= 11 is 0. The molecule has 0 spiro atoms. The smallest absolute Gasteiger partial charge is 0.243 e. The van der Waals surface area contributed by atoms with Crippen molar-refractivity contribution >= 4 is 29.5 Å². The highest BCUT2D eigenvalue weighted by Crippen LogP contribution is 2.26. The van der Waals surface area contributed by atoms with Crippen LogP contribution in [0, 0.1) is 23.7 Å². The molecule has 0 aromatic heterocycles. The first kappa shape index (κ1) is 36.5. The third kappa shape index (κ3) is 14.3. The summed E-state index contributed by atoms with van der Waals surface area (Å²) in [7, 11) is 0. The van der Waals surface area contributed by atoms with Crippen molar-refractivity contribution in [3.05, 3.63) is 0 Å². The van der Waals surface area contributed by atoms with Crippen molar-refractivity contribution in [2.45, 2.75) is 99.1 Å². The summed E-state index contributed by atoms with van der Waals surface area (Å²) < 4.78 is 10.9. The van der Waals surface area contributed by atoms with E-state index in [2.05, 4.69) is 29.8 Å². The molecule has 1 rings (SSSR count). The Morgan fingerprint density at radius 2 is 1.51 bits per heavy atom. The largest absolute Gasteiger partial charge is 0.379 e. The van der Waals surface area contributed by atoms with Crippen molar-refractivity contribution in [3.63, 3.8) is 0 Å². The zero-order chi connectivity index (χ0) is 30.9. The first-order chi connectivity index (χ1) is 19.3. The van der Waals surface area contributed by atoms with Gasteiger partial charge in [-0.2, -0.15) is 0 Å². The van der Waals surface area contributed by atoms with Crippen molar-refractivity contribution in [2.24, 2.45) is 23.7 Å². The number of nitrogens with zero attached hydrogens (tertiary/aromatic N) is 1. The second-order valence-electron chi connectivity index (χ2n) is 12.0. The summed E-state index contributed by atoms with van der Waals surface area (Å²) in [6.07, 6.45) is 3.40. The number of nitrogens with one attached hydrogen (secondary N) is 3. The maximum absolute atomic E-state index is 12.8. The highest BCUT2D eigenvalue weighted by molar-refractivity contribution is 6.03. The van der Waals surface area contributed by atoms with Crippen LogP contribution in [0.5, 0.6) is 0 Å². The predicted octanol–water partition coefficient (Wildman–Crippen LogP) is 2.42. The van der Waals surface area contributed by atoms with Crippen molar-refractivity contribution in [2.75, 3.05) is 39.5 Å². The Kier molecular flexibility index (Phi) is 17.4. The van der Waals surface area contributed by atoms with Crippen LogP contribution in [0.25, 0.3) is 0 Å². The molecule has 0 radical (unpaired) electrons. The fourth-order valence-electron chi connectivity index (χ4n) is 4.39. The zero-order valence-corrected chi connectivity index (χ0v) is 26.3. The third-order valence-corrected chi connectivity index (χ3v) is 7.14. The van der Waals surface area contributed by atoms with E-state index in [9.17, 15) is 24.0 Å². The Morgan fingerprint density at radius 1 is 0.854 bits per heavy atom. The van der Waals surface area contributed by atoms with Crippen LogP contribution in [-0.4, -0.2) is 86.0 Å². The van der Waals surface area contributed by atoms with E-state index in [1.807, 2.05) is 27.7 Å². The first-order valence-electron chi connectivity index (χ1n) is 15.2. The molecule has 1 heterocycles. The minimum atomic E-state index is -0.774. The van der Waals surface area contributed by atoms with Gasteiger partial charge in [0.25, 0.3) is 0 Å². The van der Waals surface area contributed by atoms with E-state index >= 15 is 0 Å². The molecule has 5 amide bonds. The summed E-state index contributed by atoms with van der Waals surface area (Å²) in [6.45, 7) is 16.1. The van der Waals surface area contributed by atoms with Gasteiger partial charge in [-0.05, 0) is 43.9 Å². The molecule has 1 fully saturated rings. The Morgan fingerprint density at radius 3 is 2.10 bits per heavy atom. The summed E-state index contributed by atoms with van der Waals surface area (Å²) in [5.74, 6) is -0.892. The van der Waals surface area contributed by atoms with E-state index in [0.717, 1.165) is 6.42 Å². The van der Waals surface area contributed by atoms with Gasteiger partial charge in [-0.25, -0.2) is 0 Å². The highest BCUT2D eigenvalue weighted by atomic mass is 16.5. The van der Waals surface area contributed by atoms with Crippen molar-refractivity contribution in [1.82, 2.24) is 20.9 Å². The number of ether oxygens (including phenoxy) is 2. The third-order valence-electron chi connectivity index (χ3n) is 7.14. The van der Waals surface area contributed by atoms with Gasteiger partial charge in [0.05, 0.1) is 19.8 Å². The maximum Gasteiger partial charge on any atom is 0.243 e. The highest BCUT2D eigenvalue weighted by Gasteiger charge is 2.39. The lowest BCUT2D eigenvalue weighted by molar-refractivity contribution is -0.140. The van der Waals surface area contributed by atoms with Crippen molar-refractivity contribution in [1.29, 1.82) is 0 Å². The number of hydrogen-bond acceptors (Lipinski definition) is 7. The fourth-order valence-corrected chi connectivity index (χ4v) is 4.39. The van der Waals surface area contributed by atoms with Crippen LogP contribution < -0.4 is 16.0 Å². The number of carbonyl (C=O) groups excluding carboxylic acids is 5. The molecular formula is C30H54N4O7. The molecule has 41 heavy (non-hydrogen) atoms. The summed E-state index contributed by atoms with van der Waals surface area (Å²) in [5, 5.41) is 8.20. The van der Waals surface area contributed by atoms with Crippen LogP contribution in [0.3, 0.4) is 0 Å². The van der Waals surface area contributed by atoms with Gasteiger partial charge in [-0.3, -0.25) is 28.9 Å². The molecule has 1 aliphatic heterocycles. The van der Waals surface area contributed by atoms with Crippen LogP contribution in [-0.2, 0) is 33.4 Å². The van der Waals surface area contributed by atoms with Crippen LogP contribution in [0.4, 0.5) is 0 Å². The second-order valence-corrected chi connectivity index (χ2v) is 12.0. The van der Waals surface area contributed by atoms with E-state index in [1.54, 1.807) is 6.92 Å². The molecule has 3 N–H and O–H groups in total. The van der Waals surface area contributed by atoms with Crippen LogP contribution >= 0.6 is 0 Å². The summed E-state index contributed by atoms with van der Waals surface area (Å²) in [6, 6.07) is -1.55. The molecule has 11 heteroatoms. The molecular weight excluding hydrogens is 528 g/mol. The Balaban J connectivity index is 2.28. The monoisotopic (exact) mass is 582 g/mol. The molecule has 3 atom stereocenters. The lowest BCUT2D eigenvalue weighted by Crippen LogP contribution is -2.54. The average Bonchev–Trinajstić information content (AvgIpc) is 3.18. The van der Waals surface area contributed by atoms with Gasteiger partial charge in [0.1, 0.15) is 12.1 Å². The molecule has 11 nitrogen and oxygen atoms in total. The quantitative estimate of drug-likeness (QED) is 0.139. The Hall–Kier alpha value is -2.53. The number of hydrogen-bond donors (Lipinski definition) is 3. The molecule has 0 aromatic carbocycles. The van der Waals surface area contributed by atoms with Gasteiger partial charge < -0.3 is 25.4 Å². The minimum Gasteiger partial charge on any atom is -0.379 e.